The highest BCUT2D eigenvalue weighted by Crippen LogP contribution is 2.43. The molecule has 0 bridgehead atoms. The molecule has 0 saturated carbocycles. The topological polar surface area (TPSA) is 55.7 Å². The second-order valence-corrected chi connectivity index (χ2v) is 12.5. The van der Waals surface area contributed by atoms with Crippen LogP contribution in [0.3, 0.4) is 0 Å². The first kappa shape index (κ1) is 28.5. The van der Waals surface area contributed by atoms with Crippen molar-refractivity contribution in [2.24, 2.45) is 0 Å². The molecule has 0 saturated heterocycles. The van der Waals surface area contributed by atoms with Crippen molar-refractivity contribution in [3.63, 3.8) is 0 Å². The van der Waals surface area contributed by atoms with Crippen LogP contribution in [0, 0.1) is 0 Å². The molecule has 1 aliphatic carbocycles. The van der Waals surface area contributed by atoms with Crippen molar-refractivity contribution < 1.29 is 4.79 Å². The van der Waals surface area contributed by atoms with E-state index in [1.807, 2.05) is 91.0 Å². The van der Waals surface area contributed by atoms with Gasteiger partial charge in [-0.15, -0.1) is 0 Å². The van der Waals surface area contributed by atoms with Crippen molar-refractivity contribution in [3.05, 3.63) is 174 Å². The zero-order chi connectivity index (χ0) is 32.0. The molecular formula is C43H31N3O. The highest BCUT2D eigenvalue weighted by Gasteiger charge is 2.36. The minimum absolute atomic E-state index is 0.0937. The molecule has 47 heavy (non-hydrogen) atoms. The Morgan fingerprint density at radius 1 is 0.383 bits per heavy atom. The average Bonchev–Trinajstić information content (AvgIpc) is 3.14. The van der Waals surface area contributed by atoms with Gasteiger partial charge in [0.1, 0.15) is 0 Å². The van der Waals surface area contributed by atoms with E-state index in [1.54, 1.807) is 0 Å². The molecule has 0 atom stereocenters. The molecule has 0 N–H and O–H groups in total. The van der Waals surface area contributed by atoms with Gasteiger partial charge in [0.05, 0.1) is 0 Å². The zero-order valence-corrected chi connectivity index (χ0v) is 26.2. The van der Waals surface area contributed by atoms with Crippen molar-refractivity contribution in [3.8, 4) is 56.4 Å². The van der Waals surface area contributed by atoms with E-state index in [0.29, 0.717) is 17.5 Å². The Morgan fingerprint density at radius 2 is 0.809 bits per heavy atom. The summed E-state index contributed by atoms with van der Waals surface area (Å²) in [6.07, 6.45) is 0. The molecule has 0 fully saturated rings. The first-order chi connectivity index (χ1) is 23.0. The zero-order valence-electron chi connectivity index (χ0n) is 26.2. The number of ketones is 1. The predicted octanol–water partition coefficient (Wildman–Crippen LogP) is 10.1. The molecule has 0 aliphatic heterocycles. The van der Waals surface area contributed by atoms with Gasteiger partial charge in [0.2, 0.25) is 0 Å². The van der Waals surface area contributed by atoms with E-state index in [1.165, 1.54) is 0 Å². The highest BCUT2D eigenvalue weighted by molar-refractivity contribution is 6.13. The monoisotopic (exact) mass is 605 g/mol. The van der Waals surface area contributed by atoms with E-state index in [-0.39, 0.29) is 11.2 Å². The maximum Gasteiger partial charge on any atom is 0.193 e. The van der Waals surface area contributed by atoms with Gasteiger partial charge >= 0.3 is 0 Å². The molecule has 6 aromatic carbocycles. The summed E-state index contributed by atoms with van der Waals surface area (Å²) in [5, 5.41) is 0. The molecule has 4 nitrogen and oxygen atoms in total. The molecular weight excluding hydrogens is 574 g/mol. The Labute approximate surface area is 274 Å². The fraction of sp³-hybridized carbons (Fsp3) is 0.0698. The van der Waals surface area contributed by atoms with Crippen LogP contribution >= 0.6 is 0 Å². The Balaban J connectivity index is 1.18. The fourth-order valence-corrected chi connectivity index (χ4v) is 6.61. The molecule has 4 heteroatoms. The van der Waals surface area contributed by atoms with E-state index in [0.717, 1.165) is 61.2 Å². The van der Waals surface area contributed by atoms with Gasteiger partial charge < -0.3 is 0 Å². The fourth-order valence-electron chi connectivity index (χ4n) is 6.61. The Morgan fingerprint density at radius 3 is 1.40 bits per heavy atom. The Kier molecular flexibility index (Phi) is 6.92. The number of benzene rings is 6. The van der Waals surface area contributed by atoms with E-state index in [9.17, 15) is 4.79 Å². The second-order valence-electron chi connectivity index (χ2n) is 12.5. The first-order valence-electron chi connectivity index (χ1n) is 15.8. The Bertz CT molecular complexity index is 2230. The molecule has 0 spiro atoms. The van der Waals surface area contributed by atoms with E-state index in [2.05, 4.69) is 74.5 Å². The summed E-state index contributed by atoms with van der Waals surface area (Å²) in [5.74, 6) is 1.99. The standard InChI is InChI=1S/C43H31N3O/c1-43(2)37-22-10-9-21-35(37)39(47)36-24-23-33(27-38(36)43)31-18-11-17-30(25-31)32-19-12-20-34(26-32)42-45-40(28-13-5-3-6-14-28)44-41(46-42)29-15-7-4-8-16-29/h3-27H,1-2H3. The molecule has 8 rings (SSSR count). The van der Waals surface area contributed by atoms with Gasteiger partial charge in [-0.05, 0) is 51.6 Å². The lowest BCUT2D eigenvalue weighted by atomic mass is 9.68. The van der Waals surface area contributed by atoms with Crippen molar-refractivity contribution in [2.45, 2.75) is 19.3 Å². The largest absolute Gasteiger partial charge is 0.289 e. The van der Waals surface area contributed by atoms with Gasteiger partial charge in [0, 0.05) is 33.2 Å². The van der Waals surface area contributed by atoms with E-state index >= 15 is 0 Å². The lowest BCUT2D eigenvalue weighted by Crippen LogP contribution is -2.30. The summed E-state index contributed by atoms with van der Waals surface area (Å²) in [6.45, 7) is 4.41. The second kappa shape index (κ2) is 11.4. The predicted molar refractivity (Wildman–Crippen MR) is 189 cm³/mol. The van der Waals surface area contributed by atoms with Crippen LogP contribution in [0.15, 0.2) is 152 Å². The normalized spacial score (nSPS) is 13.1. The number of carbonyl (C=O) groups excluding carboxylic acids is 1. The maximum absolute atomic E-state index is 13.4. The lowest BCUT2D eigenvalue weighted by Gasteiger charge is -2.34. The maximum atomic E-state index is 13.4. The van der Waals surface area contributed by atoms with Crippen LogP contribution < -0.4 is 0 Å². The third-order valence-electron chi connectivity index (χ3n) is 9.13. The number of fused-ring (bicyclic) bond motifs is 2. The van der Waals surface area contributed by atoms with Crippen LogP contribution in [-0.2, 0) is 5.41 Å². The van der Waals surface area contributed by atoms with Crippen LogP contribution in [0.1, 0.15) is 40.9 Å². The molecule has 1 aromatic heterocycles. The summed E-state index contributed by atoms with van der Waals surface area (Å²) in [6, 6.07) is 51.2. The number of nitrogens with zero attached hydrogens (tertiary/aromatic N) is 3. The van der Waals surface area contributed by atoms with Crippen LogP contribution in [0.2, 0.25) is 0 Å². The number of rotatable bonds is 5. The van der Waals surface area contributed by atoms with Crippen LogP contribution in [0.5, 0.6) is 0 Å². The van der Waals surface area contributed by atoms with E-state index < -0.39 is 0 Å². The van der Waals surface area contributed by atoms with Crippen LogP contribution in [0.4, 0.5) is 0 Å². The summed E-state index contributed by atoms with van der Waals surface area (Å²) >= 11 is 0. The molecule has 224 valence electrons. The molecule has 0 unspecified atom stereocenters. The molecule has 7 aromatic rings. The number of carbonyl (C=O) groups is 1. The van der Waals surface area contributed by atoms with Crippen molar-refractivity contribution in [2.75, 3.05) is 0 Å². The lowest BCUT2D eigenvalue weighted by molar-refractivity contribution is 0.103. The van der Waals surface area contributed by atoms with Crippen molar-refractivity contribution in [1.29, 1.82) is 0 Å². The minimum Gasteiger partial charge on any atom is -0.289 e. The summed E-state index contributed by atoms with van der Waals surface area (Å²) in [7, 11) is 0. The third-order valence-corrected chi connectivity index (χ3v) is 9.13. The van der Waals surface area contributed by atoms with Gasteiger partial charge in [0.25, 0.3) is 0 Å². The SMILES string of the molecule is CC1(C)c2ccccc2C(=O)c2ccc(-c3cccc(-c4cccc(-c5nc(-c6ccccc6)nc(-c6ccccc6)n5)c4)c3)cc21. The molecule has 1 aliphatic rings. The highest BCUT2D eigenvalue weighted by atomic mass is 16.1. The van der Waals surface area contributed by atoms with Gasteiger partial charge in [-0.2, -0.15) is 0 Å². The molecule has 0 radical (unpaired) electrons. The van der Waals surface area contributed by atoms with Crippen molar-refractivity contribution in [1.82, 2.24) is 15.0 Å². The van der Waals surface area contributed by atoms with Gasteiger partial charge in [0.15, 0.2) is 23.3 Å². The Hall–Kier alpha value is -6.00. The first-order valence-corrected chi connectivity index (χ1v) is 15.8. The van der Waals surface area contributed by atoms with E-state index in [4.69, 9.17) is 15.0 Å². The summed E-state index contributed by atoms with van der Waals surface area (Å²) in [4.78, 5) is 28.1. The number of hydrogen-bond donors (Lipinski definition) is 0. The summed E-state index contributed by atoms with van der Waals surface area (Å²) in [5.41, 5.74) is 10.5. The third kappa shape index (κ3) is 5.14. The molecule has 0 amide bonds. The van der Waals surface area contributed by atoms with Crippen molar-refractivity contribution >= 4 is 5.78 Å². The quantitative estimate of drug-likeness (QED) is 0.196. The number of aromatic nitrogens is 3. The summed E-state index contributed by atoms with van der Waals surface area (Å²) < 4.78 is 0. The van der Waals surface area contributed by atoms with Gasteiger partial charge in [-0.3, -0.25) is 4.79 Å². The minimum atomic E-state index is -0.288. The average molecular weight is 606 g/mol. The van der Waals surface area contributed by atoms with Gasteiger partial charge in [-0.1, -0.05) is 147 Å². The van der Waals surface area contributed by atoms with Gasteiger partial charge in [-0.25, -0.2) is 15.0 Å². The molecule has 1 heterocycles. The van der Waals surface area contributed by atoms with Crippen LogP contribution in [0.25, 0.3) is 56.4 Å². The van der Waals surface area contributed by atoms with Crippen LogP contribution in [-0.4, -0.2) is 20.7 Å². The number of hydrogen-bond acceptors (Lipinski definition) is 4. The smallest absolute Gasteiger partial charge is 0.193 e.